The van der Waals surface area contributed by atoms with Crippen molar-refractivity contribution < 1.29 is 18.1 Å². The molecular formula is C17H24ClN2O3S2+. The highest BCUT2D eigenvalue weighted by Crippen LogP contribution is 2.21. The van der Waals surface area contributed by atoms with Crippen LogP contribution in [0.15, 0.2) is 29.2 Å². The molecule has 1 N–H and O–H groups in total. The minimum absolute atomic E-state index is 0.194. The summed E-state index contributed by atoms with van der Waals surface area (Å²) in [5.74, 6) is 1.59. The standard InChI is InChI=1S/C17H23ClN2O3S2/c18-14-1-3-16(4-2-14)24-11-5-17(21)20-9-7-19(8-10-20)15-6-12-25(22,23)13-15/h1-4,15H,5-13H2/p+1/t15-/m1/s1. The molecule has 0 aromatic heterocycles. The highest BCUT2D eigenvalue weighted by molar-refractivity contribution is 7.99. The van der Waals surface area contributed by atoms with E-state index in [1.807, 2.05) is 29.2 Å². The van der Waals surface area contributed by atoms with Crippen molar-refractivity contribution in [2.24, 2.45) is 0 Å². The number of sulfone groups is 1. The van der Waals surface area contributed by atoms with Crippen LogP contribution >= 0.6 is 23.4 Å². The number of benzene rings is 1. The van der Waals surface area contributed by atoms with E-state index in [2.05, 4.69) is 0 Å². The number of hydrogen-bond donors (Lipinski definition) is 1. The summed E-state index contributed by atoms with van der Waals surface area (Å²) >= 11 is 7.53. The number of halogens is 1. The SMILES string of the molecule is O=C(CCSc1ccc(Cl)cc1)N1CC[NH+]([C@@H]2CCS(=O)(=O)C2)CC1. The second-order valence-corrected chi connectivity index (χ2v) is 10.5. The number of nitrogens with one attached hydrogen (secondary N) is 1. The largest absolute Gasteiger partial charge is 0.331 e. The maximum absolute atomic E-state index is 12.4. The first-order chi connectivity index (χ1) is 11.9. The molecule has 138 valence electrons. The average Bonchev–Trinajstić information content (AvgIpc) is 2.97. The maximum atomic E-state index is 12.4. The van der Waals surface area contributed by atoms with E-state index in [4.69, 9.17) is 11.6 Å². The molecule has 3 rings (SSSR count). The molecule has 1 aromatic rings. The molecule has 1 aromatic carbocycles. The van der Waals surface area contributed by atoms with Crippen molar-refractivity contribution >= 4 is 39.1 Å². The van der Waals surface area contributed by atoms with E-state index in [9.17, 15) is 13.2 Å². The molecule has 5 nitrogen and oxygen atoms in total. The van der Waals surface area contributed by atoms with Crippen molar-refractivity contribution in [3.63, 3.8) is 0 Å². The molecule has 8 heteroatoms. The molecule has 25 heavy (non-hydrogen) atoms. The van der Waals surface area contributed by atoms with Crippen LogP contribution in [0, 0.1) is 0 Å². The van der Waals surface area contributed by atoms with E-state index in [1.165, 1.54) is 4.90 Å². The number of carbonyl (C=O) groups is 1. The van der Waals surface area contributed by atoms with Crippen LogP contribution in [0.1, 0.15) is 12.8 Å². The van der Waals surface area contributed by atoms with Crippen LogP contribution in [-0.2, 0) is 14.6 Å². The normalized spacial score (nSPS) is 23.7. The Balaban J connectivity index is 1.39. The molecular weight excluding hydrogens is 380 g/mol. The van der Waals surface area contributed by atoms with Gasteiger partial charge in [-0.25, -0.2) is 8.42 Å². The van der Waals surface area contributed by atoms with E-state index in [0.717, 1.165) is 48.3 Å². The third-order valence-electron chi connectivity index (χ3n) is 4.97. The third kappa shape index (κ3) is 5.36. The number of amides is 1. The molecule has 0 unspecified atom stereocenters. The molecule has 1 amide bonds. The van der Waals surface area contributed by atoms with Crippen LogP contribution in [0.5, 0.6) is 0 Å². The molecule has 0 aliphatic carbocycles. The van der Waals surface area contributed by atoms with Gasteiger partial charge in [0.2, 0.25) is 5.91 Å². The molecule has 1 atom stereocenters. The molecule has 2 saturated heterocycles. The molecule has 2 aliphatic heterocycles. The second kappa shape index (κ2) is 8.29. The summed E-state index contributed by atoms with van der Waals surface area (Å²) in [5.41, 5.74) is 0. The van der Waals surface area contributed by atoms with Crippen molar-refractivity contribution in [3.8, 4) is 0 Å². The van der Waals surface area contributed by atoms with Gasteiger partial charge in [-0.15, -0.1) is 11.8 Å². The third-order valence-corrected chi connectivity index (χ3v) is 8.00. The Hall–Kier alpha value is -0.760. The van der Waals surface area contributed by atoms with Gasteiger partial charge in [0.05, 0.1) is 31.9 Å². The van der Waals surface area contributed by atoms with Gasteiger partial charge in [-0.2, -0.15) is 0 Å². The minimum atomic E-state index is -2.83. The van der Waals surface area contributed by atoms with E-state index >= 15 is 0 Å². The van der Waals surface area contributed by atoms with E-state index in [1.54, 1.807) is 11.8 Å². The Morgan fingerprint density at radius 1 is 1.24 bits per heavy atom. The highest BCUT2D eigenvalue weighted by atomic mass is 35.5. The summed E-state index contributed by atoms with van der Waals surface area (Å²) in [7, 11) is -2.83. The predicted molar refractivity (Wildman–Crippen MR) is 101 cm³/mol. The zero-order valence-corrected chi connectivity index (χ0v) is 16.5. The fourth-order valence-electron chi connectivity index (χ4n) is 3.51. The maximum Gasteiger partial charge on any atom is 0.223 e. The number of hydrogen-bond acceptors (Lipinski definition) is 4. The molecule has 2 heterocycles. The summed E-state index contributed by atoms with van der Waals surface area (Å²) in [4.78, 5) is 16.8. The van der Waals surface area contributed by atoms with Crippen LogP contribution in [0.4, 0.5) is 0 Å². The second-order valence-electron chi connectivity index (χ2n) is 6.69. The number of thioether (sulfide) groups is 1. The fraction of sp³-hybridized carbons (Fsp3) is 0.588. The van der Waals surface area contributed by atoms with Crippen LogP contribution in [-0.4, -0.2) is 68.7 Å². The monoisotopic (exact) mass is 403 g/mol. The summed E-state index contributed by atoms with van der Waals surface area (Å²) in [5, 5.41) is 0.718. The van der Waals surface area contributed by atoms with Gasteiger partial charge in [0.1, 0.15) is 11.8 Å². The molecule has 0 radical (unpaired) electrons. The van der Waals surface area contributed by atoms with Crippen LogP contribution in [0.3, 0.4) is 0 Å². The first-order valence-corrected chi connectivity index (χ1v) is 11.8. The lowest BCUT2D eigenvalue weighted by Gasteiger charge is -2.35. The van der Waals surface area contributed by atoms with Crippen molar-refractivity contribution in [2.45, 2.75) is 23.8 Å². The topological polar surface area (TPSA) is 58.9 Å². The zero-order chi connectivity index (χ0) is 17.9. The van der Waals surface area contributed by atoms with E-state index in [-0.39, 0.29) is 11.9 Å². The summed E-state index contributed by atoms with van der Waals surface area (Å²) in [6.45, 7) is 3.18. The van der Waals surface area contributed by atoms with E-state index < -0.39 is 9.84 Å². The number of piperazine rings is 1. The van der Waals surface area contributed by atoms with Gasteiger partial charge in [0.25, 0.3) is 0 Å². The minimum Gasteiger partial charge on any atom is -0.331 e. The number of nitrogens with zero attached hydrogens (tertiary/aromatic N) is 1. The molecule has 0 bridgehead atoms. The molecule has 2 fully saturated rings. The molecule has 2 aliphatic rings. The molecule has 0 saturated carbocycles. The highest BCUT2D eigenvalue weighted by Gasteiger charge is 2.37. The Morgan fingerprint density at radius 2 is 1.92 bits per heavy atom. The van der Waals surface area contributed by atoms with Gasteiger partial charge in [-0.3, -0.25) is 4.79 Å². The van der Waals surface area contributed by atoms with E-state index in [0.29, 0.717) is 17.9 Å². The number of carbonyl (C=O) groups excluding carboxylic acids is 1. The summed E-state index contributed by atoms with van der Waals surface area (Å²) in [6.07, 6.45) is 1.30. The average molecular weight is 404 g/mol. The van der Waals surface area contributed by atoms with Gasteiger partial charge >= 0.3 is 0 Å². The number of rotatable bonds is 5. The van der Waals surface area contributed by atoms with Crippen LogP contribution in [0.25, 0.3) is 0 Å². The van der Waals surface area contributed by atoms with Crippen molar-refractivity contribution in [3.05, 3.63) is 29.3 Å². The van der Waals surface area contributed by atoms with Gasteiger partial charge in [-0.05, 0) is 24.3 Å². The van der Waals surface area contributed by atoms with Gasteiger partial charge in [0.15, 0.2) is 9.84 Å². The first-order valence-electron chi connectivity index (χ1n) is 8.64. The van der Waals surface area contributed by atoms with Crippen molar-refractivity contribution in [2.75, 3.05) is 43.4 Å². The Labute approximate surface area is 158 Å². The Bertz CT molecular complexity index is 701. The Kier molecular flexibility index (Phi) is 6.30. The lowest BCUT2D eigenvalue weighted by Crippen LogP contribution is -3.18. The van der Waals surface area contributed by atoms with Crippen LogP contribution < -0.4 is 4.90 Å². The Morgan fingerprint density at radius 3 is 2.52 bits per heavy atom. The summed E-state index contributed by atoms with van der Waals surface area (Å²) in [6, 6.07) is 7.88. The lowest BCUT2D eigenvalue weighted by atomic mass is 10.2. The van der Waals surface area contributed by atoms with Gasteiger partial charge < -0.3 is 9.80 Å². The fourth-order valence-corrected chi connectivity index (χ4v) is 6.31. The summed E-state index contributed by atoms with van der Waals surface area (Å²) < 4.78 is 23.2. The first kappa shape index (κ1) is 19.0. The lowest BCUT2D eigenvalue weighted by molar-refractivity contribution is -0.925. The predicted octanol–water partition coefficient (Wildman–Crippen LogP) is 0.736. The smallest absolute Gasteiger partial charge is 0.223 e. The van der Waals surface area contributed by atoms with Crippen LogP contribution in [0.2, 0.25) is 5.02 Å². The molecule has 0 spiro atoms. The number of quaternary nitrogens is 1. The zero-order valence-electron chi connectivity index (χ0n) is 14.1. The quantitative estimate of drug-likeness (QED) is 0.736. The van der Waals surface area contributed by atoms with Gasteiger partial charge in [-0.1, -0.05) is 11.6 Å². The van der Waals surface area contributed by atoms with Crippen molar-refractivity contribution in [1.82, 2.24) is 4.90 Å². The van der Waals surface area contributed by atoms with Crippen molar-refractivity contribution in [1.29, 1.82) is 0 Å². The van der Waals surface area contributed by atoms with Gasteiger partial charge in [0, 0.05) is 28.5 Å².